The Labute approximate surface area is 237 Å². The maximum absolute atomic E-state index is 13.9. The van der Waals surface area contributed by atoms with Crippen LogP contribution in [0.3, 0.4) is 0 Å². The molecule has 0 radical (unpaired) electrons. The molecule has 40 heavy (non-hydrogen) atoms. The van der Waals surface area contributed by atoms with Crippen molar-refractivity contribution < 1.29 is 18.3 Å². The van der Waals surface area contributed by atoms with E-state index >= 15 is 0 Å². The van der Waals surface area contributed by atoms with Gasteiger partial charge in [-0.05, 0) is 73.0 Å². The second-order valence-electron chi connectivity index (χ2n) is 9.56. The molecule has 0 saturated heterocycles. The highest BCUT2D eigenvalue weighted by Gasteiger charge is 2.27. The fourth-order valence-corrected chi connectivity index (χ4v) is 4.80. The minimum atomic E-state index is -0.647. The smallest absolute Gasteiger partial charge is 0.247 e. The summed E-state index contributed by atoms with van der Waals surface area (Å²) < 4.78 is 32.9. The molecule has 1 aromatic heterocycles. The normalized spacial score (nSPS) is 11.7. The number of benzene rings is 3. The fraction of sp³-hybridized carbons (Fsp3) is 0.233. The molecule has 4 aromatic rings. The number of nitrogens with one attached hydrogen (secondary N) is 2. The Morgan fingerprint density at radius 3 is 2.23 bits per heavy atom. The summed E-state index contributed by atoms with van der Waals surface area (Å²) in [6, 6.07) is 20.5. The number of carbonyl (C=O) groups excluding carboxylic acids is 1. The van der Waals surface area contributed by atoms with E-state index in [1.807, 2.05) is 38.1 Å². The summed E-state index contributed by atoms with van der Waals surface area (Å²) >= 11 is 1.41. The molecule has 1 heterocycles. The van der Waals surface area contributed by atoms with Crippen molar-refractivity contribution in [1.82, 2.24) is 9.97 Å². The van der Waals surface area contributed by atoms with E-state index in [-0.39, 0.29) is 17.6 Å². The minimum Gasteiger partial charge on any atom is -0.497 e. The second kappa shape index (κ2) is 13.3. The minimum absolute atomic E-state index is 0.174. The van der Waals surface area contributed by atoms with Crippen LogP contribution in [0.15, 0.2) is 88.8 Å². The number of hydrogen-bond acceptors (Lipinski definition) is 7. The van der Waals surface area contributed by atoms with E-state index in [0.717, 1.165) is 10.6 Å². The lowest BCUT2D eigenvalue weighted by Gasteiger charge is -2.29. The number of carbonyl (C=O) groups is 1. The van der Waals surface area contributed by atoms with Crippen molar-refractivity contribution in [3.8, 4) is 5.75 Å². The highest BCUT2D eigenvalue weighted by atomic mass is 32.2. The summed E-state index contributed by atoms with van der Waals surface area (Å²) in [6.07, 6.45) is 0.503. The molecule has 0 aliphatic heterocycles. The predicted molar refractivity (Wildman–Crippen MR) is 156 cm³/mol. The molecule has 208 valence electrons. The van der Waals surface area contributed by atoms with Crippen LogP contribution in [0.2, 0.25) is 0 Å². The average molecular weight is 564 g/mol. The number of methoxy groups -OCH3 is 1. The Balaban J connectivity index is 1.68. The summed E-state index contributed by atoms with van der Waals surface area (Å²) in [5.41, 5.74) is 0.889. The number of anilines is 4. The molecule has 2 N–H and O–H groups in total. The SMILES string of the molecule is COc1ccc(Sc2cc(Nc3cccc(F)c3)nc(N(C)[C@@H](CC(C)C)C(=O)Nc3cccc(F)c3)n2)cc1. The topological polar surface area (TPSA) is 79.4 Å². The number of nitrogens with zero attached hydrogens (tertiary/aromatic N) is 3. The van der Waals surface area contributed by atoms with Crippen LogP contribution >= 0.6 is 11.8 Å². The lowest BCUT2D eigenvalue weighted by Crippen LogP contribution is -2.43. The van der Waals surface area contributed by atoms with E-state index in [0.29, 0.717) is 34.6 Å². The first kappa shape index (κ1) is 28.8. The molecule has 0 saturated carbocycles. The molecule has 0 aliphatic rings. The Hall–Kier alpha value is -4.18. The van der Waals surface area contributed by atoms with Crippen LogP contribution in [0.25, 0.3) is 0 Å². The highest BCUT2D eigenvalue weighted by Crippen LogP contribution is 2.32. The molecule has 0 unspecified atom stereocenters. The molecule has 0 spiro atoms. The molecule has 7 nitrogen and oxygen atoms in total. The van der Waals surface area contributed by atoms with Crippen molar-refractivity contribution in [1.29, 1.82) is 0 Å². The number of hydrogen-bond donors (Lipinski definition) is 2. The molecule has 0 bridgehead atoms. The van der Waals surface area contributed by atoms with E-state index in [1.165, 1.54) is 36.0 Å². The molecule has 0 aliphatic carbocycles. The van der Waals surface area contributed by atoms with Gasteiger partial charge in [0.15, 0.2) is 0 Å². The summed E-state index contributed by atoms with van der Waals surface area (Å²) in [4.78, 5) is 25.5. The zero-order valence-corrected chi connectivity index (χ0v) is 23.5. The largest absolute Gasteiger partial charge is 0.497 e. The quantitative estimate of drug-likeness (QED) is 0.188. The molecule has 4 rings (SSSR count). The monoisotopic (exact) mass is 563 g/mol. The van der Waals surface area contributed by atoms with Crippen LogP contribution < -0.4 is 20.3 Å². The number of aromatic nitrogens is 2. The van der Waals surface area contributed by atoms with Crippen LogP contribution in [0, 0.1) is 17.6 Å². The van der Waals surface area contributed by atoms with Gasteiger partial charge in [-0.25, -0.2) is 13.8 Å². The standard InChI is InChI=1S/C30H31F2N5O2S/c1-19(2)15-26(29(38)34-23-10-6-8-21(32)17-23)37(3)30-35-27(33-22-9-5-7-20(31)16-22)18-28(36-30)40-25-13-11-24(39-4)12-14-25/h5-14,16-19,26H,15H2,1-4H3,(H,34,38)(H,33,35,36)/t26-/m0/s1. The van der Waals surface area contributed by atoms with Crippen molar-refractivity contribution >= 4 is 40.8 Å². The number of rotatable bonds is 11. The molecule has 10 heteroatoms. The Morgan fingerprint density at radius 2 is 1.60 bits per heavy atom. The third kappa shape index (κ3) is 7.92. The highest BCUT2D eigenvalue weighted by molar-refractivity contribution is 7.99. The molecular weight excluding hydrogens is 532 g/mol. The third-order valence-electron chi connectivity index (χ3n) is 5.94. The summed E-state index contributed by atoms with van der Waals surface area (Å²) in [5, 5.41) is 6.58. The lowest BCUT2D eigenvalue weighted by atomic mass is 10.0. The van der Waals surface area contributed by atoms with Gasteiger partial charge in [-0.1, -0.05) is 37.7 Å². The Morgan fingerprint density at radius 1 is 0.950 bits per heavy atom. The van der Waals surface area contributed by atoms with Gasteiger partial charge in [-0.15, -0.1) is 0 Å². The zero-order valence-electron chi connectivity index (χ0n) is 22.7. The second-order valence-corrected chi connectivity index (χ2v) is 10.7. The van der Waals surface area contributed by atoms with Crippen LogP contribution in [0.1, 0.15) is 20.3 Å². The molecule has 1 atom stereocenters. The van der Waals surface area contributed by atoms with Gasteiger partial charge >= 0.3 is 0 Å². The van der Waals surface area contributed by atoms with Gasteiger partial charge in [-0.3, -0.25) is 4.79 Å². The van der Waals surface area contributed by atoms with Crippen molar-refractivity contribution in [2.24, 2.45) is 5.92 Å². The Bertz CT molecular complexity index is 1450. The van der Waals surface area contributed by atoms with E-state index in [9.17, 15) is 13.6 Å². The van der Waals surface area contributed by atoms with Gasteiger partial charge in [0, 0.05) is 29.4 Å². The zero-order chi connectivity index (χ0) is 28.6. The van der Waals surface area contributed by atoms with Crippen LogP contribution in [0.5, 0.6) is 5.75 Å². The molecule has 1 amide bonds. The van der Waals surface area contributed by atoms with E-state index < -0.39 is 11.9 Å². The summed E-state index contributed by atoms with van der Waals surface area (Å²) in [7, 11) is 3.36. The van der Waals surface area contributed by atoms with Crippen LogP contribution in [-0.4, -0.2) is 36.1 Å². The average Bonchev–Trinajstić information content (AvgIpc) is 2.91. The summed E-state index contributed by atoms with van der Waals surface area (Å²) in [5.74, 6) is 0.527. The van der Waals surface area contributed by atoms with Crippen molar-refractivity contribution in [2.75, 3.05) is 29.7 Å². The maximum Gasteiger partial charge on any atom is 0.247 e. The van der Waals surface area contributed by atoms with E-state index in [4.69, 9.17) is 9.72 Å². The van der Waals surface area contributed by atoms with Crippen LogP contribution in [-0.2, 0) is 4.79 Å². The van der Waals surface area contributed by atoms with Crippen LogP contribution in [0.4, 0.5) is 31.9 Å². The first-order chi connectivity index (χ1) is 19.2. The van der Waals surface area contributed by atoms with Gasteiger partial charge in [0.2, 0.25) is 11.9 Å². The summed E-state index contributed by atoms with van der Waals surface area (Å²) in [6.45, 7) is 4.04. The third-order valence-corrected chi connectivity index (χ3v) is 6.87. The van der Waals surface area contributed by atoms with Gasteiger partial charge in [0.1, 0.15) is 34.3 Å². The van der Waals surface area contributed by atoms with E-state index in [2.05, 4.69) is 15.6 Å². The van der Waals surface area contributed by atoms with Crippen molar-refractivity contribution in [3.63, 3.8) is 0 Å². The maximum atomic E-state index is 13.9. The molecule has 0 fully saturated rings. The van der Waals surface area contributed by atoms with Gasteiger partial charge < -0.3 is 20.3 Å². The van der Waals surface area contributed by atoms with Gasteiger partial charge in [-0.2, -0.15) is 4.98 Å². The van der Waals surface area contributed by atoms with E-state index in [1.54, 1.807) is 49.4 Å². The molecular formula is C30H31F2N5O2S. The number of likely N-dealkylation sites (N-methyl/N-ethyl adjacent to an activating group) is 1. The van der Waals surface area contributed by atoms with Gasteiger partial charge in [0.25, 0.3) is 0 Å². The van der Waals surface area contributed by atoms with Crippen molar-refractivity contribution in [3.05, 3.63) is 90.5 Å². The van der Waals surface area contributed by atoms with Gasteiger partial charge in [0.05, 0.1) is 7.11 Å². The Kier molecular flexibility index (Phi) is 9.55. The number of amides is 1. The predicted octanol–water partition coefficient (Wildman–Crippen LogP) is 7.15. The van der Waals surface area contributed by atoms with Crippen molar-refractivity contribution in [2.45, 2.75) is 36.2 Å². The first-order valence-electron chi connectivity index (χ1n) is 12.7. The number of halogens is 2. The lowest BCUT2D eigenvalue weighted by molar-refractivity contribution is -0.117. The first-order valence-corrected chi connectivity index (χ1v) is 13.5. The fourth-order valence-electron chi connectivity index (χ4n) is 3.98. The number of ether oxygens (including phenoxy) is 1. The molecule has 3 aromatic carbocycles.